The molecule has 0 radical (unpaired) electrons. The lowest BCUT2D eigenvalue weighted by atomic mass is 10.1. The molecule has 264 valence electrons. The molecule has 1 aliphatic heterocycles. The zero-order valence-electron chi connectivity index (χ0n) is 30.4. The Hall–Kier alpha value is -4.60. The highest BCUT2D eigenvalue weighted by Gasteiger charge is 2.28. The molecule has 3 aromatic rings. The number of amides is 1. The minimum absolute atomic E-state index is 0.0640. The number of carbonyl (C=O) groups excluding carboxylic acids is 1. The van der Waals surface area contributed by atoms with E-state index in [4.69, 9.17) is 34.2 Å². The van der Waals surface area contributed by atoms with E-state index in [0.29, 0.717) is 63.7 Å². The van der Waals surface area contributed by atoms with E-state index in [1.807, 2.05) is 45.7 Å². The molecule has 10 nitrogen and oxygen atoms in total. The molecule has 3 aromatic carbocycles. The Kier molecular flexibility index (Phi) is 17.0. The Morgan fingerprint density at radius 2 is 1.44 bits per heavy atom. The maximum Gasteiger partial charge on any atom is 0.256 e. The molecule has 10 heteroatoms. The molecule has 1 heterocycles. The summed E-state index contributed by atoms with van der Waals surface area (Å²) < 4.78 is 34.2. The van der Waals surface area contributed by atoms with Gasteiger partial charge < -0.3 is 39.1 Å². The van der Waals surface area contributed by atoms with Gasteiger partial charge in [-0.3, -0.25) is 9.79 Å². The van der Waals surface area contributed by atoms with Crippen molar-refractivity contribution in [1.82, 2.24) is 4.90 Å². The van der Waals surface area contributed by atoms with Crippen LogP contribution in [-0.2, 0) is 0 Å². The van der Waals surface area contributed by atoms with Crippen molar-refractivity contribution in [1.29, 1.82) is 0 Å². The van der Waals surface area contributed by atoms with Gasteiger partial charge in [-0.2, -0.15) is 0 Å². The van der Waals surface area contributed by atoms with E-state index in [9.17, 15) is 4.79 Å². The predicted octanol–water partition coefficient (Wildman–Crippen LogP) is 9.11. The SMILES string of the molecule is CC.CCC1C=Nc2cc(OC(C)COc3ccc(Oc4ccc(OC)c(OC)c4)c(N)c3)c(OC)cc2C(=O)N1CC.CCCCC. The zero-order chi connectivity index (χ0) is 35.6. The number of fused-ring (bicyclic) bond motifs is 1. The lowest BCUT2D eigenvalue weighted by Gasteiger charge is -2.26. The number of unbranched alkanes of at least 4 members (excludes halogenated alkanes) is 2. The third-order valence-corrected chi connectivity index (χ3v) is 7.40. The summed E-state index contributed by atoms with van der Waals surface area (Å²) >= 11 is 0. The first kappa shape index (κ1) is 39.6. The summed E-state index contributed by atoms with van der Waals surface area (Å²) in [7, 11) is 4.68. The third kappa shape index (κ3) is 10.7. The number of rotatable bonds is 14. The average molecular weight is 666 g/mol. The first-order chi connectivity index (χ1) is 23.2. The van der Waals surface area contributed by atoms with Gasteiger partial charge in [-0.25, -0.2) is 0 Å². The van der Waals surface area contributed by atoms with Crippen LogP contribution < -0.4 is 34.2 Å². The van der Waals surface area contributed by atoms with Crippen molar-refractivity contribution in [3.8, 4) is 40.2 Å². The van der Waals surface area contributed by atoms with Crippen LogP contribution in [0.1, 0.15) is 84.5 Å². The number of nitrogens with zero attached hydrogens (tertiary/aromatic N) is 2. The van der Waals surface area contributed by atoms with Crippen molar-refractivity contribution in [2.45, 2.75) is 86.3 Å². The Morgan fingerprint density at radius 1 is 0.812 bits per heavy atom. The number of carbonyl (C=O) groups is 1. The maximum absolute atomic E-state index is 13.2. The number of hydrogen-bond acceptors (Lipinski definition) is 9. The molecule has 2 atom stereocenters. The highest BCUT2D eigenvalue weighted by atomic mass is 16.5. The van der Waals surface area contributed by atoms with Gasteiger partial charge in [0.15, 0.2) is 28.7 Å². The fourth-order valence-electron chi connectivity index (χ4n) is 4.87. The van der Waals surface area contributed by atoms with E-state index < -0.39 is 0 Å². The van der Waals surface area contributed by atoms with Crippen LogP contribution in [0.25, 0.3) is 0 Å². The van der Waals surface area contributed by atoms with Gasteiger partial charge in [0.25, 0.3) is 5.91 Å². The van der Waals surface area contributed by atoms with Gasteiger partial charge in [-0.05, 0) is 50.6 Å². The number of nitrogens with two attached hydrogens (primary N) is 1. The van der Waals surface area contributed by atoms with Crippen molar-refractivity contribution < 1.29 is 33.2 Å². The summed E-state index contributed by atoms with van der Waals surface area (Å²) in [6, 6.07) is 13.8. The second-order valence-corrected chi connectivity index (χ2v) is 10.8. The molecule has 2 unspecified atom stereocenters. The van der Waals surface area contributed by atoms with Gasteiger partial charge in [-0.15, -0.1) is 0 Å². The molecule has 1 amide bonds. The van der Waals surface area contributed by atoms with Crippen LogP contribution in [0.3, 0.4) is 0 Å². The van der Waals surface area contributed by atoms with E-state index in [-0.39, 0.29) is 24.7 Å². The van der Waals surface area contributed by atoms with Crippen LogP contribution in [0.15, 0.2) is 53.5 Å². The predicted molar refractivity (Wildman–Crippen MR) is 195 cm³/mol. The van der Waals surface area contributed by atoms with Crippen LogP contribution in [0.2, 0.25) is 0 Å². The van der Waals surface area contributed by atoms with E-state index in [1.54, 1.807) is 69.9 Å². The minimum Gasteiger partial charge on any atom is -0.493 e. The van der Waals surface area contributed by atoms with Crippen LogP contribution in [0, 0.1) is 0 Å². The van der Waals surface area contributed by atoms with Crippen molar-refractivity contribution >= 4 is 23.5 Å². The van der Waals surface area contributed by atoms with Crippen molar-refractivity contribution in [3.05, 3.63) is 54.1 Å². The molecule has 0 fully saturated rings. The molecular formula is C38H55N3O7. The molecule has 48 heavy (non-hydrogen) atoms. The smallest absolute Gasteiger partial charge is 0.256 e. The third-order valence-electron chi connectivity index (χ3n) is 7.40. The molecule has 1 aliphatic rings. The number of hydrogen-bond donors (Lipinski definition) is 1. The van der Waals surface area contributed by atoms with Gasteiger partial charge in [0, 0.05) is 31.0 Å². The summed E-state index contributed by atoms with van der Waals surface area (Å²) in [5, 5.41) is 0. The maximum atomic E-state index is 13.2. The van der Waals surface area contributed by atoms with E-state index >= 15 is 0 Å². The molecule has 0 saturated carbocycles. The van der Waals surface area contributed by atoms with Gasteiger partial charge in [-0.1, -0.05) is 53.9 Å². The molecule has 4 rings (SSSR count). The fraction of sp³-hybridized carbons (Fsp3) is 0.474. The number of methoxy groups -OCH3 is 3. The molecule has 0 saturated heterocycles. The highest BCUT2D eigenvalue weighted by molar-refractivity contribution is 6.03. The Morgan fingerprint density at radius 3 is 2.00 bits per heavy atom. The molecule has 0 aromatic heterocycles. The normalized spacial score (nSPS) is 13.8. The molecule has 2 N–H and O–H groups in total. The summed E-state index contributed by atoms with van der Waals surface area (Å²) in [5.41, 5.74) is 7.68. The van der Waals surface area contributed by atoms with Crippen molar-refractivity contribution in [2.24, 2.45) is 4.99 Å². The number of anilines is 1. The van der Waals surface area contributed by atoms with Crippen LogP contribution in [0.4, 0.5) is 11.4 Å². The van der Waals surface area contributed by atoms with Gasteiger partial charge in [0.2, 0.25) is 0 Å². The Balaban J connectivity index is 0.00000105. The first-order valence-electron chi connectivity index (χ1n) is 16.9. The number of aliphatic imine (C=N–C) groups is 1. The quantitative estimate of drug-likeness (QED) is 0.170. The summed E-state index contributed by atoms with van der Waals surface area (Å²) in [6.45, 7) is 15.1. The standard InChI is InChI=1S/C31H37N3O7.C5H12.C2H6/c1-7-20-17-33-25-16-30(29(38-6)15-23(25)31(35)34(20)8-2)40-19(3)18-39-21-9-11-26(24(32)13-21)41-22-10-12-27(36-4)28(14-22)37-5;1-3-5-4-2;1-2/h9-17,19-20H,7-8,18,32H2,1-6H3;3-5H2,1-2H3;1-2H3. The van der Waals surface area contributed by atoms with Gasteiger partial charge >= 0.3 is 0 Å². The first-order valence-corrected chi connectivity index (χ1v) is 16.9. The lowest BCUT2D eigenvalue weighted by molar-refractivity contribution is 0.0738. The largest absolute Gasteiger partial charge is 0.493 e. The number of ether oxygens (including phenoxy) is 6. The van der Waals surface area contributed by atoms with Crippen LogP contribution in [0.5, 0.6) is 40.2 Å². The highest BCUT2D eigenvalue weighted by Crippen LogP contribution is 2.38. The van der Waals surface area contributed by atoms with E-state index in [0.717, 1.165) is 6.42 Å². The topological polar surface area (TPSA) is 114 Å². The van der Waals surface area contributed by atoms with Gasteiger partial charge in [0.1, 0.15) is 24.2 Å². The Labute approximate surface area is 287 Å². The van der Waals surface area contributed by atoms with Crippen LogP contribution in [-0.4, -0.2) is 63.6 Å². The van der Waals surface area contributed by atoms with E-state index in [2.05, 4.69) is 18.8 Å². The Bertz CT molecular complexity index is 1460. The number of benzene rings is 3. The summed E-state index contributed by atoms with van der Waals surface area (Å²) in [4.78, 5) is 19.6. The molecule has 0 aliphatic carbocycles. The lowest BCUT2D eigenvalue weighted by Crippen LogP contribution is -2.39. The van der Waals surface area contributed by atoms with E-state index in [1.165, 1.54) is 19.3 Å². The minimum atomic E-state index is -0.355. The molecule has 0 bridgehead atoms. The van der Waals surface area contributed by atoms with Crippen LogP contribution >= 0.6 is 0 Å². The molecular weight excluding hydrogens is 610 g/mol. The second kappa shape index (κ2) is 20.6. The molecule has 0 spiro atoms. The zero-order valence-corrected chi connectivity index (χ0v) is 30.4. The summed E-state index contributed by atoms with van der Waals surface area (Å²) in [6.07, 6.45) is 6.32. The number of nitrogen functional groups attached to an aromatic ring is 1. The van der Waals surface area contributed by atoms with Crippen molar-refractivity contribution in [2.75, 3.05) is 40.2 Å². The van der Waals surface area contributed by atoms with Gasteiger partial charge in [0.05, 0.1) is 44.3 Å². The summed E-state index contributed by atoms with van der Waals surface area (Å²) in [5.74, 6) is 3.59. The average Bonchev–Trinajstić information content (AvgIpc) is 3.24. The monoisotopic (exact) mass is 665 g/mol. The van der Waals surface area contributed by atoms with Crippen molar-refractivity contribution in [3.63, 3.8) is 0 Å². The second-order valence-electron chi connectivity index (χ2n) is 10.8. The fourth-order valence-corrected chi connectivity index (χ4v) is 4.87.